The van der Waals surface area contributed by atoms with E-state index in [2.05, 4.69) is 37.3 Å². The summed E-state index contributed by atoms with van der Waals surface area (Å²) < 4.78 is 6.61. The molecule has 1 saturated heterocycles. The summed E-state index contributed by atoms with van der Waals surface area (Å²) in [7, 11) is 0. The van der Waals surface area contributed by atoms with E-state index in [0.717, 1.165) is 33.7 Å². The van der Waals surface area contributed by atoms with Crippen LogP contribution in [0.5, 0.6) is 5.75 Å². The lowest BCUT2D eigenvalue weighted by Crippen LogP contribution is -2.28. The molecule has 0 aliphatic carbocycles. The molecular weight excluding hydrogens is 422 g/mol. The third-order valence-electron chi connectivity index (χ3n) is 5.11. The number of nitrogens with zero attached hydrogens (tertiary/aromatic N) is 1. The van der Waals surface area contributed by atoms with Crippen LogP contribution >= 0.6 is 24.0 Å². The minimum atomic E-state index is -0.102. The van der Waals surface area contributed by atoms with Crippen molar-refractivity contribution in [2.75, 3.05) is 4.90 Å². The SMILES string of the molecule is Cc1ccc(COc2ccccc2/C=C2\SC(=S)N(c3ccc(C)cc3C)C2=O)cc1. The highest BCUT2D eigenvalue weighted by atomic mass is 32.2. The van der Waals surface area contributed by atoms with Gasteiger partial charge in [0.2, 0.25) is 0 Å². The van der Waals surface area contributed by atoms with Crippen molar-refractivity contribution in [2.24, 2.45) is 0 Å². The van der Waals surface area contributed by atoms with Crippen molar-refractivity contribution in [3.63, 3.8) is 0 Å². The standard InChI is InChI=1S/C26H23NO2S2/c1-17-8-11-20(12-9-17)16-29-23-7-5-4-6-21(23)15-24-25(28)27(26(30)31-24)22-13-10-18(2)14-19(22)3/h4-15H,16H2,1-3H3/b24-15-. The number of hydrogen-bond acceptors (Lipinski definition) is 4. The maximum absolute atomic E-state index is 13.2. The zero-order chi connectivity index (χ0) is 22.0. The number of hydrogen-bond donors (Lipinski definition) is 0. The molecule has 1 heterocycles. The van der Waals surface area contributed by atoms with Gasteiger partial charge < -0.3 is 4.74 Å². The molecule has 3 aromatic rings. The van der Waals surface area contributed by atoms with Crippen LogP contribution in [-0.4, -0.2) is 10.2 Å². The highest BCUT2D eigenvalue weighted by Gasteiger charge is 2.34. The number of thiocarbonyl (C=S) groups is 1. The molecule has 1 amide bonds. The summed E-state index contributed by atoms with van der Waals surface area (Å²) in [5.41, 5.74) is 6.19. The summed E-state index contributed by atoms with van der Waals surface area (Å²) in [5, 5.41) is 0. The molecule has 0 aromatic heterocycles. The van der Waals surface area contributed by atoms with E-state index in [4.69, 9.17) is 17.0 Å². The second-order valence-electron chi connectivity index (χ2n) is 7.62. The number of aryl methyl sites for hydroxylation is 3. The Bertz CT molecular complexity index is 1180. The molecule has 0 unspecified atom stereocenters. The maximum Gasteiger partial charge on any atom is 0.270 e. The van der Waals surface area contributed by atoms with Crippen molar-refractivity contribution >= 4 is 46.0 Å². The average molecular weight is 446 g/mol. The number of thioether (sulfide) groups is 1. The summed E-state index contributed by atoms with van der Waals surface area (Å²) in [5.74, 6) is 0.634. The maximum atomic E-state index is 13.2. The Hall–Kier alpha value is -2.89. The van der Waals surface area contributed by atoms with E-state index >= 15 is 0 Å². The third-order valence-corrected chi connectivity index (χ3v) is 6.41. The lowest BCUT2D eigenvalue weighted by molar-refractivity contribution is -0.113. The molecular formula is C26H23NO2S2. The topological polar surface area (TPSA) is 29.5 Å². The van der Waals surface area contributed by atoms with E-state index in [0.29, 0.717) is 15.8 Å². The second-order valence-corrected chi connectivity index (χ2v) is 9.29. The van der Waals surface area contributed by atoms with Crippen molar-refractivity contribution in [3.05, 3.63) is 99.5 Å². The van der Waals surface area contributed by atoms with Gasteiger partial charge in [-0.2, -0.15) is 0 Å². The van der Waals surface area contributed by atoms with Crippen molar-refractivity contribution in [1.82, 2.24) is 0 Å². The molecule has 0 saturated carbocycles. The predicted molar refractivity (Wildman–Crippen MR) is 134 cm³/mol. The number of benzene rings is 3. The Balaban J connectivity index is 1.58. The largest absolute Gasteiger partial charge is 0.488 e. The fourth-order valence-corrected chi connectivity index (χ4v) is 4.73. The summed E-state index contributed by atoms with van der Waals surface area (Å²) in [6.45, 7) is 6.57. The van der Waals surface area contributed by atoms with E-state index < -0.39 is 0 Å². The van der Waals surface area contributed by atoms with Crippen molar-refractivity contribution < 1.29 is 9.53 Å². The molecule has 4 rings (SSSR count). The van der Waals surface area contributed by atoms with Crippen LogP contribution in [0.3, 0.4) is 0 Å². The first-order chi connectivity index (χ1) is 14.9. The minimum Gasteiger partial charge on any atom is -0.488 e. The Morgan fingerprint density at radius 1 is 0.968 bits per heavy atom. The van der Waals surface area contributed by atoms with Gasteiger partial charge in [-0.05, 0) is 50.1 Å². The van der Waals surface area contributed by atoms with Crippen LogP contribution in [0.25, 0.3) is 6.08 Å². The van der Waals surface area contributed by atoms with Crippen LogP contribution in [0.2, 0.25) is 0 Å². The van der Waals surface area contributed by atoms with E-state index in [1.54, 1.807) is 4.90 Å². The highest BCUT2D eigenvalue weighted by molar-refractivity contribution is 8.27. The van der Waals surface area contributed by atoms with Gasteiger partial charge in [0.15, 0.2) is 4.32 Å². The monoisotopic (exact) mass is 445 g/mol. The Morgan fingerprint density at radius 3 is 2.42 bits per heavy atom. The number of anilines is 1. The van der Waals surface area contributed by atoms with E-state index in [1.807, 2.05) is 56.3 Å². The lowest BCUT2D eigenvalue weighted by atomic mass is 10.1. The van der Waals surface area contributed by atoms with Crippen LogP contribution < -0.4 is 9.64 Å². The normalized spacial score (nSPS) is 15.1. The number of amides is 1. The first kappa shape index (κ1) is 21.3. The molecule has 5 heteroatoms. The van der Waals surface area contributed by atoms with Gasteiger partial charge >= 0.3 is 0 Å². The molecule has 0 atom stereocenters. The van der Waals surface area contributed by atoms with Crippen LogP contribution in [0.1, 0.15) is 27.8 Å². The number of carbonyl (C=O) groups excluding carboxylic acids is 1. The van der Waals surface area contributed by atoms with Crippen LogP contribution in [0, 0.1) is 20.8 Å². The first-order valence-corrected chi connectivity index (χ1v) is 11.3. The van der Waals surface area contributed by atoms with Crippen molar-refractivity contribution in [3.8, 4) is 5.75 Å². The molecule has 1 aliphatic heterocycles. The lowest BCUT2D eigenvalue weighted by Gasteiger charge is -2.17. The first-order valence-electron chi connectivity index (χ1n) is 10.0. The molecule has 1 fully saturated rings. The zero-order valence-electron chi connectivity index (χ0n) is 17.7. The second kappa shape index (κ2) is 9.08. The van der Waals surface area contributed by atoms with Crippen LogP contribution in [-0.2, 0) is 11.4 Å². The Labute approximate surface area is 192 Å². The van der Waals surface area contributed by atoms with Gasteiger partial charge in [-0.25, -0.2) is 0 Å². The molecule has 3 aromatic carbocycles. The molecule has 1 aliphatic rings. The Morgan fingerprint density at radius 2 is 1.68 bits per heavy atom. The van der Waals surface area contributed by atoms with E-state index in [-0.39, 0.29) is 5.91 Å². The smallest absolute Gasteiger partial charge is 0.270 e. The molecule has 0 N–H and O–H groups in total. The minimum absolute atomic E-state index is 0.102. The quantitative estimate of drug-likeness (QED) is 0.327. The summed E-state index contributed by atoms with van der Waals surface area (Å²) in [6, 6.07) is 22.0. The van der Waals surface area contributed by atoms with Gasteiger partial charge in [-0.15, -0.1) is 0 Å². The molecule has 0 bridgehead atoms. The number of ether oxygens (including phenoxy) is 1. The van der Waals surface area contributed by atoms with E-state index in [1.165, 1.54) is 17.3 Å². The zero-order valence-corrected chi connectivity index (χ0v) is 19.3. The summed E-state index contributed by atoms with van der Waals surface area (Å²) >= 11 is 6.86. The number of para-hydroxylation sites is 1. The molecule has 0 radical (unpaired) electrons. The van der Waals surface area contributed by atoms with Crippen molar-refractivity contribution in [1.29, 1.82) is 0 Å². The van der Waals surface area contributed by atoms with Crippen molar-refractivity contribution in [2.45, 2.75) is 27.4 Å². The fraction of sp³-hybridized carbons (Fsp3) is 0.154. The number of rotatable bonds is 5. The predicted octanol–water partition coefficient (Wildman–Crippen LogP) is 6.60. The molecule has 156 valence electrons. The Kier molecular flexibility index (Phi) is 6.25. The van der Waals surface area contributed by atoms with Gasteiger partial charge in [0.25, 0.3) is 5.91 Å². The average Bonchev–Trinajstić information content (AvgIpc) is 3.02. The van der Waals surface area contributed by atoms with Gasteiger partial charge in [0.1, 0.15) is 12.4 Å². The molecule has 3 nitrogen and oxygen atoms in total. The van der Waals surface area contributed by atoms with Gasteiger partial charge in [0.05, 0.1) is 10.6 Å². The summed E-state index contributed by atoms with van der Waals surface area (Å²) in [4.78, 5) is 15.4. The van der Waals surface area contributed by atoms with Crippen LogP contribution in [0.15, 0.2) is 71.6 Å². The third kappa shape index (κ3) is 4.73. The van der Waals surface area contributed by atoms with Gasteiger partial charge in [-0.3, -0.25) is 9.69 Å². The molecule has 31 heavy (non-hydrogen) atoms. The highest BCUT2D eigenvalue weighted by Crippen LogP contribution is 2.38. The van der Waals surface area contributed by atoms with Gasteiger partial charge in [0, 0.05) is 5.56 Å². The van der Waals surface area contributed by atoms with Gasteiger partial charge in [-0.1, -0.05) is 89.7 Å². The fourth-order valence-electron chi connectivity index (χ4n) is 3.45. The molecule has 0 spiro atoms. The summed E-state index contributed by atoms with van der Waals surface area (Å²) in [6.07, 6.45) is 1.87. The number of carbonyl (C=O) groups is 1. The van der Waals surface area contributed by atoms with Crippen LogP contribution in [0.4, 0.5) is 5.69 Å². The van der Waals surface area contributed by atoms with E-state index in [9.17, 15) is 4.79 Å².